The Bertz CT molecular complexity index is 2520. The molecule has 0 saturated carbocycles. The second-order valence-corrected chi connectivity index (χ2v) is 11.4. The first-order valence-electron chi connectivity index (χ1n) is 15.1. The summed E-state index contributed by atoms with van der Waals surface area (Å²) in [5.41, 5.74) is 11.2. The van der Waals surface area contributed by atoms with Gasteiger partial charge in [-0.3, -0.25) is 0 Å². The fraction of sp³-hybridized carbons (Fsp3) is 0. The summed E-state index contributed by atoms with van der Waals surface area (Å²) >= 11 is 0. The number of nitrogens with zero attached hydrogens (tertiary/aromatic N) is 4. The van der Waals surface area contributed by atoms with Gasteiger partial charge in [0.2, 0.25) is 0 Å². The van der Waals surface area contributed by atoms with Crippen molar-refractivity contribution in [3.8, 4) is 44.9 Å². The van der Waals surface area contributed by atoms with Crippen molar-refractivity contribution in [1.29, 1.82) is 0 Å². The fourth-order valence-electron chi connectivity index (χ4n) is 6.34. The van der Waals surface area contributed by atoms with E-state index in [0.29, 0.717) is 0 Å². The largest absolute Gasteiger partial charge is 0.306 e. The molecule has 5 aromatic carbocycles. The zero-order chi connectivity index (χ0) is 29.7. The Morgan fingerprint density at radius 1 is 0.422 bits per heavy atom. The van der Waals surface area contributed by atoms with E-state index in [2.05, 4.69) is 132 Å². The Morgan fingerprint density at radius 3 is 1.84 bits per heavy atom. The van der Waals surface area contributed by atoms with E-state index in [1.807, 2.05) is 30.3 Å². The standard InChI is InChI=1S/C41H26N4/c1-4-10-27(11-5-1)35-21-17-30-16-20-33-34-24-31(32-19-23-38-42-37(26-45(38)25-32)28-12-6-2-7-13-28)18-22-36(34)44-40(39(33)41(30)43-35)29-14-8-3-9-15-29/h1-26H. The van der Waals surface area contributed by atoms with Crippen LogP contribution in [0.5, 0.6) is 0 Å². The van der Waals surface area contributed by atoms with E-state index < -0.39 is 0 Å². The number of hydrogen-bond donors (Lipinski definition) is 0. The van der Waals surface area contributed by atoms with Gasteiger partial charge in [0.15, 0.2) is 0 Å². The maximum Gasteiger partial charge on any atom is 0.137 e. The highest BCUT2D eigenvalue weighted by atomic mass is 15.0. The van der Waals surface area contributed by atoms with Crippen LogP contribution in [0.3, 0.4) is 0 Å². The molecule has 0 amide bonds. The number of benzene rings is 5. The second kappa shape index (κ2) is 10.2. The lowest BCUT2D eigenvalue weighted by atomic mass is 9.95. The summed E-state index contributed by atoms with van der Waals surface area (Å²) in [6.45, 7) is 0. The summed E-state index contributed by atoms with van der Waals surface area (Å²) in [6.07, 6.45) is 4.26. The maximum atomic E-state index is 5.29. The first kappa shape index (κ1) is 25.4. The Morgan fingerprint density at radius 2 is 1.09 bits per heavy atom. The van der Waals surface area contributed by atoms with Gasteiger partial charge in [-0.2, -0.15) is 0 Å². The highest BCUT2D eigenvalue weighted by Gasteiger charge is 2.16. The molecule has 45 heavy (non-hydrogen) atoms. The van der Waals surface area contributed by atoms with Crippen LogP contribution in [0.4, 0.5) is 0 Å². The monoisotopic (exact) mass is 574 g/mol. The van der Waals surface area contributed by atoms with Crippen molar-refractivity contribution in [2.45, 2.75) is 0 Å². The molecule has 0 unspecified atom stereocenters. The number of rotatable bonds is 4. The second-order valence-electron chi connectivity index (χ2n) is 11.4. The van der Waals surface area contributed by atoms with Crippen LogP contribution in [-0.4, -0.2) is 19.4 Å². The van der Waals surface area contributed by atoms with Crippen LogP contribution in [0, 0.1) is 0 Å². The average Bonchev–Trinajstić information content (AvgIpc) is 3.55. The predicted molar refractivity (Wildman–Crippen MR) is 185 cm³/mol. The predicted octanol–water partition coefficient (Wildman–Crippen LogP) is 10.3. The normalized spacial score (nSPS) is 11.6. The van der Waals surface area contributed by atoms with Crippen LogP contribution in [0.1, 0.15) is 0 Å². The van der Waals surface area contributed by atoms with Gasteiger partial charge < -0.3 is 4.40 Å². The van der Waals surface area contributed by atoms with Gasteiger partial charge >= 0.3 is 0 Å². The Kier molecular flexibility index (Phi) is 5.78. The van der Waals surface area contributed by atoms with Crippen molar-refractivity contribution in [3.05, 3.63) is 158 Å². The number of fused-ring (bicyclic) bond motifs is 6. The smallest absolute Gasteiger partial charge is 0.137 e. The molecule has 210 valence electrons. The molecule has 0 aliphatic heterocycles. The van der Waals surface area contributed by atoms with Gasteiger partial charge in [-0.15, -0.1) is 0 Å². The van der Waals surface area contributed by atoms with Crippen molar-refractivity contribution in [3.63, 3.8) is 0 Å². The number of imidazole rings is 1. The molecular weight excluding hydrogens is 548 g/mol. The van der Waals surface area contributed by atoms with Gasteiger partial charge in [0.25, 0.3) is 0 Å². The molecule has 4 nitrogen and oxygen atoms in total. The van der Waals surface area contributed by atoms with E-state index in [0.717, 1.165) is 83.1 Å². The molecule has 0 aliphatic carbocycles. The van der Waals surface area contributed by atoms with Gasteiger partial charge in [-0.1, -0.05) is 115 Å². The molecule has 4 aromatic heterocycles. The average molecular weight is 575 g/mol. The molecule has 0 aliphatic rings. The zero-order valence-corrected chi connectivity index (χ0v) is 24.3. The van der Waals surface area contributed by atoms with E-state index in [9.17, 15) is 0 Å². The third kappa shape index (κ3) is 4.35. The molecule has 0 spiro atoms. The summed E-state index contributed by atoms with van der Waals surface area (Å²) in [7, 11) is 0. The van der Waals surface area contributed by atoms with Crippen molar-refractivity contribution in [2.24, 2.45) is 0 Å². The topological polar surface area (TPSA) is 43.1 Å². The third-order valence-electron chi connectivity index (χ3n) is 8.59. The highest BCUT2D eigenvalue weighted by molar-refractivity contribution is 6.20. The molecule has 0 N–H and O–H groups in total. The van der Waals surface area contributed by atoms with Gasteiger partial charge in [-0.25, -0.2) is 15.0 Å². The summed E-state index contributed by atoms with van der Waals surface area (Å²) in [5.74, 6) is 0. The van der Waals surface area contributed by atoms with Gasteiger partial charge in [0, 0.05) is 45.2 Å². The Hall–Kier alpha value is -6.13. The number of pyridine rings is 3. The minimum absolute atomic E-state index is 0.921. The van der Waals surface area contributed by atoms with Gasteiger partial charge in [0.05, 0.1) is 28.1 Å². The summed E-state index contributed by atoms with van der Waals surface area (Å²) in [5, 5.41) is 4.41. The molecule has 0 atom stereocenters. The lowest BCUT2D eigenvalue weighted by Crippen LogP contribution is -1.94. The minimum atomic E-state index is 0.921. The van der Waals surface area contributed by atoms with E-state index in [1.165, 1.54) is 0 Å². The van der Waals surface area contributed by atoms with Crippen LogP contribution in [0.25, 0.3) is 83.1 Å². The Balaban J connectivity index is 1.27. The van der Waals surface area contributed by atoms with Crippen molar-refractivity contribution >= 4 is 38.2 Å². The summed E-state index contributed by atoms with van der Waals surface area (Å²) in [6, 6.07) is 50.6. The quantitative estimate of drug-likeness (QED) is 0.196. The molecule has 0 radical (unpaired) electrons. The SMILES string of the molecule is c1ccc(-c2ccc3ccc4c5cc(-c6ccc7nc(-c8ccccc8)cn7c6)ccc5nc(-c5ccccc5)c4c3n2)cc1. The zero-order valence-electron chi connectivity index (χ0n) is 24.3. The molecule has 9 rings (SSSR count). The van der Waals surface area contributed by atoms with Crippen LogP contribution in [0.15, 0.2) is 158 Å². The summed E-state index contributed by atoms with van der Waals surface area (Å²) < 4.78 is 2.11. The molecule has 0 saturated heterocycles. The Labute approximate surface area is 259 Å². The van der Waals surface area contributed by atoms with Crippen molar-refractivity contribution in [1.82, 2.24) is 19.4 Å². The molecule has 0 fully saturated rings. The lowest BCUT2D eigenvalue weighted by Gasteiger charge is -2.14. The first-order chi connectivity index (χ1) is 22.3. The fourth-order valence-corrected chi connectivity index (χ4v) is 6.34. The van der Waals surface area contributed by atoms with Gasteiger partial charge in [0.1, 0.15) is 5.65 Å². The molecule has 9 aromatic rings. The van der Waals surface area contributed by atoms with E-state index in [-0.39, 0.29) is 0 Å². The summed E-state index contributed by atoms with van der Waals surface area (Å²) in [4.78, 5) is 15.4. The number of aromatic nitrogens is 4. The van der Waals surface area contributed by atoms with Crippen LogP contribution in [0.2, 0.25) is 0 Å². The van der Waals surface area contributed by atoms with Crippen LogP contribution >= 0.6 is 0 Å². The molecule has 0 bridgehead atoms. The maximum absolute atomic E-state index is 5.29. The van der Waals surface area contributed by atoms with Crippen LogP contribution < -0.4 is 0 Å². The highest BCUT2D eigenvalue weighted by Crippen LogP contribution is 2.38. The van der Waals surface area contributed by atoms with E-state index >= 15 is 0 Å². The van der Waals surface area contributed by atoms with E-state index in [1.54, 1.807) is 0 Å². The molecule has 4 heterocycles. The van der Waals surface area contributed by atoms with Crippen LogP contribution in [-0.2, 0) is 0 Å². The number of hydrogen-bond acceptors (Lipinski definition) is 3. The minimum Gasteiger partial charge on any atom is -0.306 e. The van der Waals surface area contributed by atoms with E-state index in [4.69, 9.17) is 15.0 Å². The van der Waals surface area contributed by atoms with Gasteiger partial charge in [-0.05, 0) is 46.8 Å². The third-order valence-corrected chi connectivity index (χ3v) is 8.59. The van der Waals surface area contributed by atoms with Crippen molar-refractivity contribution in [2.75, 3.05) is 0 Å². The molecular formula is C41H26N4. The molecule has 4 heteroatoms. The van der Waals surface area contributed by atoms with Crippen molar-refractivity contribution < 1.29 is 0 Å². The lowest BCUT2D eigenvalue weighted by molar-refractivity contribution is 1.19. The first-order valence-corrected chi connectivity index (χ1v) is 15.1.